The van der Waals surface area contributed by atoms with E-state index in [0.29, 0.717) is 6.04 Å². The number of piperazine rings is 1. The molecule has 4 heteroatoms. The lowest BCUT2D eigenvalue weighted by molar-refractivity contribution is 0.270. The van der Waals surface area contributed by atoms with E-state index in [4.69, 9.17) is 0 Å². The maximum atomic E-state index is 14.1. The van der Waals surface area contributed by atoms with Crippen LogP contribution in [0.1, 0.15) is 25.3 Å². The van der Waals surface area contributed by atoms with Gasteiger partial charge in [-0.2, -0.15) is 0 Å². The molecule has 0 bridgehead atoms. The minimum absolute atomic E-state index is 0.0925. The van der Waals surface area contributed by atoms with Gasteiger partial charge in [0.1, 0.15) is 5.82 Å². The molecule has 0 spiro atoms. The minimum Gasteiger partial charge on any atom is -0.367 e. The number of hydrogen-bond donors (Lipinski definition) is 1. The molecule has 1 aromatic carbocycles. The number of likely N-dealkylation sites (N-methyl/N-ethyl adjacent to an activating group) is 1. The molecule has 1 aliphatic heterocycles. The summed E-state index contributed by atoms with van der Waals surface area (Å²) in [5.41, 5.74) is 1.96. The molecule has 0 radical (unpaired) electrons. The molecule has 0 atom stereocenters. The van der Waals surface area contributed by atoms with Gasteiger partial charge < -0.3 is 15.1 Å². The van der Waals surface area contributed by atoms with Crippen LogP contribution in [-0.2, 0) is 6.54 Å². The molecule has 1 aliphatic carbocycles. The first-order valence-corrected chi connectivity index (χ1v) is 7.75. The molecule has 3 nitrogen and oxygen atoms in total. The van der Waals surface area contributed by atoms with E-state index in [2.05, 4.69) is 22.0 Å². The average molecular weight is 277 g/mol. The van der Waals surface area contributed by atoms with Crippen LogP contribution in [0.2, 0.25) is 0 Å². The third kappa shape index (κ3) is 3.30. The van der Waals surface area contributed by atoms with E-state index in [1.807, 2.05) is 12.1 Å². The Hall–Kier alpha value is -1.13. The van der Waals surface area contributed by atoms with Crippen molar-refractivity contribution in [3.63, 3.8) is 0 Å². The summed E-state index contributed by atoms with van der Waals surface area (Å²) in [6.45, 7) is 8.02. The quantitative estimate of drug-likeness (QED) is 0.890. The van der Waals surface area contributed by atoms with Crippen molar-refractivity contribution < 1.29 is 4.39 Å². The maximum absolute atomic E-state index is 14.1. The van der Waals surface area contributed by atoms with Gasteiger partial charge in [-0.15, -0.1) is 0 Å². The summed E-state index contributed by atoms with van der Waals surface area (Å²) in [5, 5.41) is 3.49. The fraction of sp³-hybridized carbons (Fsp3) is 0.625. The molecule has 0 aromatic heterocycles. The van der Waals surface area contributed by atoms with Gasteiger partial charge in [0.15, 0.2) is 0 Å². The number of hydrogen-bond acceptors (Lipinski definition) is 3. The highest BCUT2D eigenvalue weighted by atomic mass is 19.1. The van der Waals surface area contributed by atoms with Gasteiger partial charge in [-0.3, -0.25) is 0 Å². The highest BCUT2D eigenvalue weighted by molar-refractivity contribution is 5.50. The molecule has 0 amide bonds. The Bertz CT molecular complexity index is 451. The number of anilines is 1. The van der Waals surface area contributed by atoms with E-state index in [1.165, 1.54) is 18.4 Å². The van der Waals surface area contributed by atoms with Crippen LogP contribution in [0.4, 0.5) is 10.1 Å². The molecule has 1 saturated carbocycles. The Kier molecular flexibility index (Phi) is 4.22. The fourth-order valence-corrected chi connectivity index (χ4v) is 2.77. The van der Waals surface area contributed by atoms with Gasteiger partial charge in [-0.25, -0.2) is 4.39 Å². The minimum atomic E-state index is -0.0925. The monoisotopic (exact) mass is 277 g/mol. The van der Waals surface area contributed by atoms with Gasteiger partial charge in [-0.05, 0) is 37.1 Å². The van der Waals surface area contributed by atoms with E-state index in [-0.39, 0.29) is 5.82 Å². The molecule has 0 unspecified atom stereocenters. The summed E-state index contributed by atoms with van der Waals surface area (Å²) in [6, 6.07) is 6.23. The summed E-state index contributed by atoms with van der Waals surface area (Å²) in [5.74, 6) is -0.0925. The maximum Gasteiger partial charge on any atom is 0.146 e. The Morgan fingerprint density at radius 2 is 1.95 bits per heavy atom. The Morgan fingerprint density at radius 1 is 1.20 bits per heavy atom. The second-order valence-electron chi connectivity index (χ2n) is 5.86. The van der Waals surface area contributed by atoms with Crippen molar-refractivity contribution in [3.8, 4) is 0 Å². The summed E-state index contributed by atoms with van der Waals surface area (Å²) >= 11 is 0. The van der Waals surface area contributed by atoms with E-state index in [1.54, 1.807) is 6.07 Å². The number of halogens is 1. The van der Waals surface area contributed by atoms with Crippen molar-refractivity contribution in [2.24, 2.45) is 0 Å². The zero-order chi connectivity index (χ0) is 13.9. The van der Waals surface area contributed by atoms with Crippen molar-refractivity contribution in [1.29, 1.82) is 0 Å². The van der Waals surface area contributed by atoms with Crippen molar-refractivity contribution in [2.75, 3.05) is 37.6 Å². The second-order valence-corrected chi connectivity index (χ2v) is 5.86. The van der Waals surface area contributed by atoms with Crippen molar-refractivity contribution in [1.82, 2.24) is 10.2 Å². The molecule has 2 fully saturated rings. The van der Waals surface area contributed by atoms with Gasteiger partial charge >= 0.3 is 0 Å². The lowest BCUT2D eigenvalue weighted by Crippen LogP contribution is -2.46. The van der Waals surface area contributed by atoms with Crippen LogP contribution in [0.5, 0.6) is 0 Å². The molecule has 20 heavy (non-hydrogen) atoms. The zero-order valence-electron chi connectivity index (χ0n) is 12.2. The SMILES string of the molecule is CCN1CCN(c2cc(CNC3CC3)ccc2F)CC1. The predicted octanol–water partition coefficient (Wildman–Crippen LogP) is 2.22. The molecule has 1 aromatic rings. The van der Waals surface area contributed by atoms with E-state index >= 15 is 0 Å². The summed E-state index contributed by atoms with van der Waals surface area (Å²) in [6.07, 6.45) is 2.57. The van der Waals surface area contributed by atoms with Gasteiger partial charge in [0.2, 0.25) is 0 Å². The normalized spacial score (nSPS) is 20.4. The zero-order valence-corrected chi connectivity index (χ0v) is 12.2. The Labute approximate surface area is 120 Å². The number of nitrogens with one attached hydrogen (secondary N) is 1. The highest BCUT2D eigenvalue weighted by Crippen LogP contribution is 2.24. The van der Waals surface area contributed by atoms with Crippen LogP contribution in [0.25, 0.3) is 0 Å². The standard InChI is InChI=1S/C16H24FN3/c1-2-19-7-9-20(10-8-19)16-11-13(3-6-15(16)17)12-18-14-4-5-14/h3,6,11,14,18H,2,4-5,7-10,12H2,1H3. The third-order valence-electron chi connectivity index (χ3n) is 4.34. The topological polar surface area (TPSA) is 18.5 Å². The first-order chi connectivity index (χ1) is 9.76. The fourth-order valence-electron chi connectivity index (χ4n) is 2.77. The van der Waals surface area contributed by atoms with Crippen LogP contribution < -0.4 is 10.2 Å². The summed E-state index contributed by atoms with van der Waals surface area (Å²) in [4.78, 5) is 4.59. The summed E-state index contributed by atoms with van der Waals surface area (Å²) in [7, 11) is 0. The Morgan fingerprint density at radius 3 is 2.60 bits per heavy atom. The van der Waals surface area contributed by atoms with E-state index in [9.17, 15) is 4.39 Å². The second kappa shape index (κ2) is 6.10. The molecule has 1 heterocycles. The first-order valence-electron chi connectivity index (χ1n) is 7.75. The van der Waals surface area contributed by atoms with Crippen molar-refractivity contribution >= 4 is 5.69 Å². The van der Waals surface area contributed by atoms with Crippen molar-refractivity contribution in [3.05, 3.63) is 29.6 Å². The van der Waals surface area contributed by atoms with Crippen LogP contribution in [0.3, 0.4) is 0 Å². The first kappa shape index (κ1) is 13.8. The largest absolute Gasteiger partial charge is 0.367 e. The lowest BCUT2D eigenvalue weighted by Gasteiger charge is -2.35. The third-order valence-corrected chi connectivity index (χ3v) is 4.34. The predicted molar refractivity (Wildman–Crippen MR) is 80.6 cm³/mol. The van der Waals surface area contributed by atoms with Crippen LogP contribution in [0, 0.1) is 5.82 Å². The molecule has 110 valence electrons. The highest BCUT2D eigenvalue weighted by Gasteiger charge is 2.21. The Balaban J connectivity index is 1.66. The molecule has 2 aliphatic rings. The van der Waals surface area contributed by atoms with Gasteiger partial charge in [0.25, 0.3) is 0 Å². The van der Waals surface area contributed by atoms with Gasteiger partial charge in [0.05, 0.1) is 5.69 Å². The molecule has 1 saturated heterocycles. The number of rotatable bonds is 5. The number of benzene rings is 1. The summed E-state index contributed by atoms with van der Waals surface area (Å²) < 4.78 is 14.1. The molecular formula is C16H24FN3. The van der Waals surface area contributed by atoms with Crippen LogP contribution in [0.15, 0.2) is 18.2 Å². The average Bonchev–Trinajstić information content (AvgIpc) is 3.31. The number of nitrogens with zero attached hydrogens (tertiary/aromatic N) is 2. The van der Waals surface area contributed by atoms with Gasteiger partial charge in [0, 0.05) is 38.8 Å². The molecular weight excluding hydrogens is 253 g/mol. The van der Waals surface area contributed by atoms with Crippen LogP contribution >= 0.6 is 0 Å². The lowest BCUT2D eigenvalue weighted by atomic mass is 10.1. The van der Waals surface area contributed by atoms with Crippen LogP contribution in [-0.4, -0.2) is 43.7 Å². The van der Waals surface area contributed by atoms with E-state index < -0.39 is 0 Å². The van der Waals surface area contributed by atoms with E-state index in [0.717, 1.165) is 45.0 Å². The van der Waals surface area contributed by atoms with Gasteiger partial charge in [-0.1, -0.05) is 13.0 Å². The molecule has 3 rings (SSSR count). The smallest absolute Gasteiger partial charge is 0.146 e. The molecule has 1 N–H and O–H groups in total. The van der Waals surface area contributed by atoms with Crippen molar-refractivity contribution in [2.45, 2.75) is 32.4 Å².